The average Bonchev–Trinajstić information content (AvgIpc) is 2.35. The molecule has 19 heavy (non-hydrogen) atoms. The van der Waals surface area contributed by atoms with Crippen LogP contribution in [0.1, 0.15) is 19.8 Å². The van der Waals surface area contributed by atoms with Crippen molar-refractivity contribution in [1.82, 2.24) is 5.32 Å². The van der Waals surface area contributed by atoms with E-state index in [1.807, 2.05) is 6.92 Å². The Morgan fingerprint density at radius 1 is 1.42 bits per heavy atom. The number of hydrogen-bond acceptors (Lipinski definition) is 2. The molecule has 0 saturated carbocycles. The Morgan fingerprint density at radius 3 is 2.68 bits per heavy atom. The molecule has 0 saturated heterocycles. The third-order valence-electron chi connectivity index (χ3n) is 2.49. The van der Waals surface area contributed by atoms with Gasteiger partial charge in [0, 0.05) is 12.6 Å². The molecule has 0 aliphatic carbocycles. The molecule has 0 aromatic heterocycles. The molecule has 0 fully saturated rings. The molecule has 1 rings (SSSR count). The van der Waals surface area contributed by atoms with Crippen molar-refractivity contribution in [2.24, 2.45) is 0 Å². The van der Waals surface area contributed by atoms with Crippen molar-refractivity contribution in [1.29, 1.82) is 0 Å². The van der Waals surface area contributed by atoms with Gasteiger partial charge in [0.2, 0.25) is 0 Å². The zero-order valence-corrected chi connectivity index (χ0v) is 11.1. The van der Waals surface area contributed by atoms with Crippen LogP contribution in [0.5, 0.6) is 0 Å². The molecule has 1 aromatic rings. The second-order valence-corrected chi connectivity index (χ2v) is 4.39. The predicted molar refractivity (Wildman–Crippen MR) is 69.3 cm³/mol. The van der Waals surface area contributed by atoms with Crippen LogP contribution in [0.25, 0.3) is 0 Å². The Labute approximate surface area is 114 Å². The number of amides is 2. The number of carbonyl (C=O) groups excluding carboxylic acids is 1. The van der Waals surface area contributed by atoms with Crippen LogP contribution in [0.15, 0.2) is 12.1 Å². The summed E-state index contributed by atoms with van der Waals surface area (Å²) in [5.74, 6) is -2.18. The minimum Gasteiger partial charge on any atom is -0.393 e. The van der Waals surface area contributed by atoms with E-state index in [4.69, 9.17) is 11.6 Å². The summed E-state index contributed by atoms with van der Waals surface area (Å²) in [5.41, 5.74) is -0.0193. The maximum absolute atomic E-state index is 13.0. The van der Waals surface area contributed by atoms with E-state index in [0.717, 1.165) is 12.1 Å². The molecular formula is C12H15ClF2N2O2. The van der Waals surface area contributed by atoms with Crippen molar-refractivity contribution in [2.75, 3.05) is 11.9 Å². The van der Waals surface area contributed by atoms with Gasteiger partial charge in [0.15, 0.2) is 11.6 Å². The van der Waals surface area contributed by atoms with E-state index in [0.29, 0.717) is 12.8 Å². The molecule has 0 heterocycles. The lowest BCUT2D eigenvalue weighted by Crippen LogP contribution is -2.31. The van der Waals surface area contributed by atoms with Crippen LogP contribution in [0.4, 0.5) is 19.3 Å². The van der Waals surface area contributed by atoms with Gasteiger partial charge in [-0.1, -0.05) is 18.5 Å². The zero-order valence-electron chi connectivity index (χ0n) is 10.3. The molecule has 1 aromatic carbocycles. The highest BCUT2D eigenvalue weighted by Crippen LogP contribution is 2.24. The Bertz CT molecular complexity index is 458. The maximum atomic E-state index is 13.0. The van der Waals surface area contributed by atoms with Crippen molar-refractivity contribution in [3.05, 3.63) is 28.8 Å². The molecule has 106 valence electrons. The summed E-state index contributed by atoms with van der Waals surface area (Å²) in [6.45, 7) is 2.09. The number of urea groups is 1. The Morgan fingerprint density at radius 2 is 2.05 bits per heavy atom. The first kappa shape index (κ1) is 15.7. The highest BCUT2D eigenvalue weighted by atomic mass is 35.5. The fourth-order valence-corrected chi connectivity index (χ4v) is 1.54. The van der Waals surface area contributed by atoms with Gasteiger partial charge in [0.25, 0.3) is 0 Å². The molecule has 7 heteroatoms. The zero-order chi connectivity index (χ0) is 14.4. The predicted octanol–water partition coefficient (Wildman–Crippen LogP) is 2.90. The van der Waals surface area contributed by atoms with E-state index >= 15 is 0 Å². The van der Waals surface area contributed by atoms with Gasteiger partial charge < -0.3 is 15.7 Å². The first-order valence-corrected chi connectivity index (χ1v) is 6.19. The van der Waals surface area contributed by atoms with E-state index in [1.54, 1.807) is 0 Å². The van der Waals surface area contributed by atoms with E-state index in [1.165, 1.54) is 0 Å². The third-order valence-corrected chi connectivity index (χ3v) is 2.81. The molecule has 0 radical (unpaired) electrons. The molecule has 0 aliphatic rings. The number of aliphatic hydroxyl groups excluding tert-OH is 1. The lowest BCUT2D eigenvalue weighted by Gasteiger charge is -2.11. The minimum absolute atomic E-state index is 0.0193. The molecule has 4 nitrogen and oxygen atoms in total. The van der Waals surface area contributed by atoms with Gasteiger partial charge in [-0.2, -0.15) is 0 Å². The summed E-state index contributed by atoms with van der Waals surface area (Å²) < 4.78 is 25.8. The fourth-order valence-electron chi connectivity index (χ4n) is 1.34. The lowest BCUT2D eigenvalue weighted by molar-refractivity contribution is 0.160. The highest BCUT2D eigenvalue weighted by Gasteiger charge is 2.11. The summed E-state index contributed by atoms with van der Waals surface area (Å²) in [5, 5.41) is 14.0. The average molecular weight is 293 g/mol. The SMILES string of the molecule is CC[C@H](O)CCNC(=O)Nc1cc(F)c(F)cc1Cl. The van der Waals surface area contributed by atoms with Gasteiger partial charge >= 0.3 is 6.03 Å². The highest BCUT2D eigenvalue weighted by molar-refractivity contribution is 6.33. The number of carbonyl (C=O) groups is 1. The molecule has 0 bridgehead atoms. The normalized spacial score (nSPS) is 12.1. The van der Waals surface area contributed by atoms with E-state index in [9.17, 15) is 18.7 Å². The van der Waals surface area contributed by atoms with E-state index in [2.05, 4.69) is 10.6 Å². The monoisotopic (exact) mass is 292 g/mol. The summed E-state index contributed by atoms with van der Waals surface area (Å²) in [6, 6.07) is 0.988. The number of anilines is 1. The number of benzene rings is 1. The molecule has 0 aliphatic heterocycles. The number of hydrogen-bond donors (Lipinski definition) is 3. The van der Waals surface area contributed by atoms with Crippen LogP contribution in [0.2, 0.25) is 5.02 Å². The largest absolute Gasteiger partial charge is 0.393 e. The van der Waals surface area contributed by atoms with Gasteiger partial charge in [0.1, 0.15) is 0 Å². The number of nitrogens with one attached hydrogen (secondary N) is 2. The van der Waals surface area contributed by atoms with Gasteiger partial charge in [-0.05, 0) is 18.9 Å². The molecule has 0 spiro atoms. The second-order valence-electron chi connectivity index (χ2n) is 3.98. The Balaban J connectivity index is 2.51. The van der Waals surface area contributed by atoms with Gasteiger partial charge in [-0.15, -0.1) is 0 Å². The smallest absolute Gasteiger partial charge is 0.319 e. The standard InChI is InChI=1S/C12H15ClF2N2O2/c1-2-7(18)3-4-16-12(19)17-11-6-10(15)9(14)5-8(11)13/h5-7,18H,2-4H2,1H3,(H2,16,17,19)/t7-/m0/s1. The first-order valence-electron chi connectivity index (χ1n) is 5.81. The summed E-state index contributed by atoms with van der Waals surface area (Å²) in [7, 11) is 0. The van der Waals surface area contributed by atoms with Crippen LogP contribution in [-0.4, -0.2) is 23.8 Å². The maximum Gasteiger partial charge on any atom is 0.319 e. The van der Waals surface area contributed by atoms with Crippen LogP contribution in [0, 0.1) is 11.6 Å². The molecule has 0 unspecified atom stereocenters. The molecule has 3 N–H and O–H groups in total. The Kier molecular flexibility index (Phi) is 5.98. The van der Waals surface area contributed by atoms with E-state index in [-0.39, 0.29) is 17.3 Å². The third kappa shape index (κ3) is 5.00. The van der Waals surface area contributed by atoms with Crippen LogP contribution in [0.3, 0.4) is 0 Å². The molecular weight excluding hydrogens is 278 g/mol. The summed E-state index contributed by atoms with van der Waals surface area (Å²) in [6.07, 6.45) is 0.528. The fraction of sp³-hybridized carbons (Fsp3) is 0.417. The van der Waals surface area contributed by atoms with Crippen molar-refractivity contribution in [3.63, 3.8) is 0 Å². The molecule has 2 amide bonds. The van der Waals surface area contributed by atoms with Crippen LogP contribution < -0.4 is 10.6 Å². The quantitative estimate of drug-likeness (QED) is 0.731. The number of aliphatic hydroxyl groups is 1. The lowest BCUT2D eigenvalue weighted by atomic mass is 10.2. The first-order chi connectivity index (χ1) is 8.93. The van der Waals surface area contributed by atoms with Gasteiger partial charge in [-0.25, -0.2) is 13.6 Å². The van der Waals surface area contributed by atoms with Gasteiger partial charge in [0.05, 0.1) is 16.8 Å². The van der Waals surface area contributed by atoms with Gasteiger partial charge in [-0.3, -0.25) is 0 Å². The molecule has 1 atom stereocenters. The second kappa shape index (κ2) is 7.25. The van der Waals surface area contributed by atoms with Crippen molar-refractivity contribution >= 4 is 23.3 Å². The summed E-state index contributed by atoms with van der Waals surface area (Å²) in [4.78, 5) is 11.5. The minimum atomic E-state index is -1.10. The van der Waals surface area contributed by atoms with Crippen molar-refractivity contribution < 1.29 is 18.7 Å². The summed E-state index contributed by atoms with van der Waals surface area (Å²) >= 11 is 5.66. The topological polar surface area (TPSA) is 61.4 Å². The van der Waals surface area contributed by atoms with E-state index < -0.39 is 23.8 Å². The van der Waals surface area contributed by atoms with Crippen LogP contribution >= 0.6 is 11.6 Å². The number of halogens is 3. The Hall–Kier alpha value is -1.40. The van der Waals surface area contributed by atoms with Crippen LogP contribution in [-0.2, 0) is 0 Å². The van der Waals surface area contributed by atoms with Crippen molar-refractivity contribution in [2.45, 2.75) is 25.9 Å². The number of rotatable bonds is 5. The van der Waals surface area contributed by atoms with Crippen molar-refractivity contribution in [3.8, 4) is 0 Å².